The molecule has 0 aliphatic heterocycles. The van der Waals surface area contributed by atoms with E-state index in [9.17, 15) is 0 Å². The van der Waals surface area contributed by atoms with Gasteiger partial charge in [0.25, 0.3) is 0 Å². The maximum atomic E-state index is 5.50. The third-order valence-electron chi connectivity index (χ3n) is 2.05. The summed E-state index contributed by atoms with van der Waals surface area (Å²) in [5.74, 6) is 0. The van der Waals surface area contributed by atoms with Crippen molar-refractivity contribution in [3.05, 3.63) is 0 Å². The molecule has 0 aliphatic carbocycles. The first-order valence-corrected chi connectivity index (χ1v) is 6.22. The monoisotopic (exact) mass is 210 g/mol. The largest absolute Gasteiger partial charge is 1.00 e. The Hall–Kier alpha value is 0.527. The van der Waals surface area contributed by atoms with Crippen molar-refractivity contribution < 1.29 is 29.6 Å². The Morgan fingerprint density at radius 1 is 1.15 bits per heavy atom. The van der Waals surface area contributed by atoms with Crippen molar-refractivity contribution in [3.8, 4) is 0 Å². The van der Waals surface area contributed by atoms with Gasteiger partial charge in [-0.1, -0.05) is 34.6 Å². The van der Waals surface area contributed by atoms with Crippen molar-refractivity contribution in [1.29, 1.82) is 11.1 Å². The first-order chi connectivity index (χ1) is 5.27. The maximum absolute atomic E-state index is 5.50. The quantitative estimate of drug-likeness (QED) is 0.358. The van der Waals surface area contributed by atoms with Crippen LogP contribution < -0.4 is 34.5 Å². The van der Waals surface area contributed by atoms with Crippen LogP contribution in [0.2, 0.25) is 17.1 Å². The second kappa shape index (κ2) is 9.10. The molecule has 0 bridgehead atoms. The van der Waals surface area contributed by atoms with Gasteiger partial charge in [-0.25, -0.2) is 0 Å². The standard InChI is InChI=1S/C8H19Si.H2N3.Na/c1-7(2)9(6)8(3,4)5;1-3-2;/h7H,1-6H3;1-2H;/q-1;2*+1. The third kappa shape index (κ3) is 12.5. The van der Waals surface area contributed by atoms with Crippen LogP contribution in [-0.4, -0.2) is 8.80 Å². The fraction of sp³-hybridized carbons (Fsp3) is 1.00. The van der Waals surface area contributed by atoms with E-state index in [1.165, 1.54) is 0 Å². The predicted octanol–water partition coefficient (Wildman–Crippen LogP) is 0.441. The Bertz CT molecular complexity index is 148. The van der Waals surface area contributed by atoms with Gasteiger partial charge in [-0.15, -0.1) is 0 Å². The summed E-state index contributed by atoms with van der Waals surface area (Å²) < 4.78 is 0. The molecule has 72 valence electrons. The van der Waals surface area contributed by atoms with Crippen LogP contribution in [0, 0.1) is 11.1 Å². The summed E-state index contributed by atoms with van der Waals surface area (Å²) in [6.45, 7) is 14.1. The van der Waals surface area contributed by atoms with Crippen molar-refractivity contribution in [2.24, 2.45) is 0 Å². The summed E-state index contributed by atoms with van der Waals surface area (Å²) in [7, 11) is -0.122. The normalized spacial score (nSPS) is 9.85. The molecule has 0 aliphatic rings. The molecule has 0 fully saturated rings. The minimum atomic E-state index is -0.122. The molecule has 0 unspecified atom stereocenters. The van der Waals surface area contributed by atoms with Crippen molar-refractivity contribution in [1.82, 2.24) is 4.91 Å². The molecule has 0 aromatic rings. The van der Waals surface area contributed by atoms with E-state index in [2.05, 4.69) is 41.2 Å². The molecule has 0 saturated heterocycles. The Kier molecular flexibility index (Phi) is 13.4. The topological polar surface area (TPSA) is 61.8 Å². The van der Waals surface area contributed by atoms with E-state index in [0.29, 0.717) is 5.04 Å². The molecule has 0 heterocycles. The van der Waals surface area contributed by atoms with E-state index < -0.39 is 0 Å². The molecule has 0 aromatic carbocycles. The number of hydrogen-bond acceptors (Lipinski definition) is 2. The average Bonchev–Trinajstić information content (AvgIpc) is 1.85. The zero-order valence-corrected chi connectivity index (χ0v) is 13.0. The van der Waals surface area contributed by atoms with Crippen molar-refractivity contribution in [3.63, 3.8) is 0 Å². The molecule has 13 heavy (non-hydrogen) atoms. The van der Waals surface area contributed by atoms with Gasteiger partial charge in [0.2, 0.25) is 4.91 Å². The fourth-order valence-corrected chi connectivity index (χ4v) is 2.60. The van der Waals surface area contributed by atoms with Gasteiger partial charge in [-0.05, 0) is 0 Å². The molecule has 0 atom stereocenters. The summed E-state index contributed by atoms with van der Waals surface area (Å²) in [4.78, 5) is 2.00. The van der Waals surface area contributed by atoms with E-state index in [1.54, 1.807) is 0 Å². The van der Waals surface area contributed by atoms with Gasteiger partial charge in [0, 0.05) is 0 Å². The molecule has 0 amide bonds. The maximum Gasteiger partial charge on any atom is 1.00 e. The van der Waals surface area contributed by atoms with Crippen LogP contribution >= 0.6 is 0 Å². The Labute approximate surface area is 106 Å². The first kappa shape index (κ1) is 19.2. The molecule has 5 heteroatoms. The van der Waals surface area contributed by atoms with Gasteiger partial charge in [-0.3, -0.25) is 8.80 Å². The smallest absolute Gasteiger partial charge is 0.253 e. The summed E-state index contributed by atoms with van der Waals surface area (Å²) in [6, 6.07) is 0. The SMILES string of the molecule is CC(C)[Si-](C)C(C)(C)C.N=[N+]=N.[Na+]. The number of rotatable bonds is 1. The molecule has 2 N–H and O–H groups in total. The predicted molar refractivity (Wildman–Crippen MR) is 54.0 cm³/mol. The van der Waals surface area contributed by atoms with E-state index >= 15 is 0 Å². The van der Waals surface area contributed by atoms with Gasteiger partial charge in [0.1, 0.15) is 11.1 Å². The Morgan fingerprint density at radius 3 is 1.38 bits per heavy atom. The van der Waals surface area contributed by atoms with Crippen LogP contribution in [0.5, 0.6) is 0 Å². The zero-order valence-electron chi connectivity index (χ0n) is 10.0. The van der Waals surface area contributed by atoms with Crippen molar-refractivity contribution in [2.75, 3.05) is 0 Å². The van der Waals surface area contributed by atoms with Crippen molar-refractivity contribution >= 4 is 8.80 Å². The van der Waals surface area contributed by atoms with Gasteiger partial charge in [-0.2, -0.15) is 17.1 Å². The van der Waals surface area contributed by atoms with Gasteiger partial charge < -0.3 is 0 Å². The van der Waals surface area contributed by atoms with E-state index in [0.717, 1.165) is 5.54 Å². The minimum Gasteiger partial charge on any atom is -0.253 e. The fourth-order valence-electron chi connectivity index (χ4n) is 0.866. The van der Waals surface area contributed by atoms with Crippen LogP contribution in [0.4, 0.5) is 0 Å². The van der Waals surface area contributed by atoms with Crippen LogP contribution in [0.25, 0.3) is 0 Å². The van der Waals surface area contributed by atoms with Crippen LogP contribution in [0.1, 0.15) is 34.6 Å². The zero-order chi connectivity index (χ0) is 10.4. The first-order valence-electron chi connectivity index (χ1n) is 4.14. The van der Waals surface area contributed by atoms with E-state index in [-0.39, 0.29) is 38.4 Å². The van der Waals surface area contributed by atoms with E-state index in [1.807, 2.05) is 4.91 Å². The Morgan fingerprint density at radius 2 is 1.38 bits per heavy atom. The number of hydrogen-bond donors (Lipinski definition) is 2. The number of nitrogens with zero attached hydrogens (tertiary/aromatic N) is 1. The number of nitrogens with one attached hydrogen (secondary N) is 2. The van der Waals surface area contributed by atoms with Crippen molar-refractivity contribution in [2.45, 2.75) is 51.7 Å². The second-order valence-corrected chi connectivity index (χ2v) is 8.22. The van der Waals surface area contributed by atoms with Crippen LogP contribution in [0.3, 0.4) is 0 Å². The van der Waals surface area contributed by atoms with Gasteiger partial charge >= 0.3 is 29.6 Å². The summed E-state index contributed by atoms with van der Waals surface area (Å²) in [5, 5.41) is 0.582. The van der Waals surface area contributed by atoms with Crippen LogP contribution in [0.15, 0.2) is 0 Å². The molecular weight excluding hydrogens is 189 g/mol. The molecule has 0 spiro atoms. The summed E-state index contributed by atoms with van der Waals surface area (Å²) in [6.07, 6.45) is 0. The molecule has 0 aromatic heterocycles. The van der Waals surface area contributed by atoms with E-state index in [4.69, 9.17) is 11.1 Å². The second-order valence-electron chi connectivity index (χ2n) is 4.20. The molecule has 0 radical (unpaired) electrons. The molecular formula is C8H21N3NaSi+. The van der Waals surface area contributed by atoms with Gasteiger partial charge in [0.05, 0.1) is 0 Å². The minimum absolute atomic E-state index is 0. The molecule has 3 nitrogen and oxygen atoms in total. The third-order valence-corrected chi connectivity index (χ3v) is 6.15. The summed E-state index contributed by atoms with van der Waals surface area (Å²) >= 11 is 0. The average molecular weight is 210 g/mol. The Balaban J connectivity index is -0.000000220. The molecule has 0 saturated carbocycles. The van der Waals surface area contributed by atoms with Gasteiger partial charge in [0.15, 0.2) is 0 Å². The van der Waals surface area contributed by atoms with Crippen LogP contribution in [-0.2, 0) is 0 Å². The summed E-state index contributed by atoms with van der Waals surface area (Å²) in [5.41, 5.74) is 11.9. The molecule has 0 rings (SSSR count).